The fourth-order valence-electron chi connectivity index (χ4n) is 2.87. The van der Waals surface area contributed by atoms with Gasteiger partial charge in [-0.3, -0.25) is 0 Å². The minimum atomic E-state index is -1.04. The lowest BCUT2D eigenvalue weighted by Gasteiger charge is -2.11. The van der Waals surface area contributed by atoms with Gasteiger partial charge in [0.05, 0.1) is 16.8 Å². The van der Waals surface area contributed by atoms with Crippen molar-refractivity contribution in [3.63, 3.8) is 0 Å². The van der Waals surface area contributed by atoms with Crippen LogP contribution in [0.4, 0.5) is 15.9 Å². The molecule has 4 rings (SSSR count). The molecule has 0 unspecified atom stereocenters. The van der Waals surface area contributed by atoms with Gasteiger partial charge in [0.2, 0.25) is 0 Å². The van der Waals surface area contributed by atoms with Crippen LogP contribution in [0.1, 0.15) is 15.2 Å². The molecular formula is C19H13FN2O2S. The van der Waals surface area contributed by atoms with Crippen molar-refractivity contribution in [3.05, 3.63) is 64.8 Å². The molecule has 0 bridgehead atoms. The molecule has 0 fully saturated rings. The van der Waals surface area contributed by atoms with E-state index in [0.29, 0.717) is 17.0 Å². The number of carboxylic acid groups (broad SMARTS) is 1. The van der Waals surface area contributed by atoms with Gasteiger partial charge in [-0.2, -0.15) is 0 Å². The quantitative estimate of drug-likeness (QED) is 0.522. The smallest absolute Gasteiger partial charge is 0.337 e. The molecule has 25 heavy (non-hydrogen) atoms. The maximum atomic E-state index is 14.0. The van der Waals surface area contributed by atoms with E-state index in [-0.39, 0.29) is 5.56 Å². The van der Waals surface area contributed by atoms with Crippen molar-refractivity contribution in [1.82, 2.24) is 4.98 Å². The van der Waals surface area contributed by atoms with Crippen molar-refractivity contribution in [2.75, 3.05) is 5.32 Å². The number of aryl methyl sites for hydroxylation is 1. The molecule has 0 spiro atoms. The number of rotatable bonds is 3. The van der Waals surface area contributed by atoms with Gasteiger partial charge in [-0.15, -0.1) is 11.3 Å². The molecule has 2 N–H and O–H groups in total. The first kappa shape index (κ1) is 15.5. The first-order valence-corrected chi connectivity index (χ1v) is 8.44. The van der Waals surface area contributed by atoms with E-state index in [4.69, 9.17) is 0 Å². The Bertz CT molecular complexity index is 1140. The molecule has 2 aromatic carbocycles. The number of nitrogens with one attached hydrogen (secondary N) is 1. The van der Waals surface area contributed by atoms with Crippen LogP contribution in [0.15, 0.2) is 48.5 Å². The summed E-state index contributed by atoms with van der Waals surface area (Å²) in [5, 5.41) is 14.1. The number of fused-ring (bicyclic) bond motifs is 3. The van der Waals surface area contributed by atoms with Crippen LogP contribution in [-0.2, 0) is 0 Å². The summed E-state index contributed by atoms with van der Waals surface area (Å²) in [5.74, 6) is -0.982. The van der Waals surface area contributed by atoms with Gasteiger partial charge in [0.25, 0.3) is 0 Å². The number of aromatic carboxylic acids is 1. The van der Waals surface area contributed by atoms with Crippen LogP contribution in [-0.4, -0.2) is 16.1 Å². The van der Waals surface area contributed by atoms with Crippen LogP contribution in [0, 0.1) is 12.7 Å². The van der Waals surface area contributed by atoms with Crippen LogP contribution in [0.25, 0.3) is 21.0 Å². The van der Waals surface area contributed by atoms with Crippen molar-refractivity contribution >= 4 is 49.8 Å². The lowest BCUT2D eigenvalue weighted by atomic mass is 10.1. The molecule has 4 aromatic rings. The molecule has 0 saturated heterocycles. The van der Waals surface area contributed by atoms with Gasteiger partial charge in [0, 0.05) is 20.3 Å². The lowest BCUT2D eigenvalue weighted by Crippen LogP contribution is -2.02. The second-order valence-corrected chi connectivity index (χ2v) is 6.93. The van der Waals surface area contributed by atoms with Gasteiger partial charge in [-0.25, -0.2) is 14.2 Å². The Morgan fingerprint density at radius 3 is 2.72 bits per heavy atom. The Morgan fingerprint density at radius 2 is 1.96 bits per heavy atom. The maximum absolute atomic E-state index is 14.0. The SMILES string of the molecule is Cc1cc2c(Nc3ccccc3F)nc3c(C(=O)O)cccc3c2s1. The number of carboxylic acids is 1. The standard InChI is InChI=1S/C19H13FN2O2S/c1-10-9-13-17(25-10)11-5-4-6-12(19(23)24)16(11)22-18(13)21-15-8-3-2-7-14(15)20/h2-9H,1H3,(H,21,22)(H,23,24). The highest BCUT2D eigenvalue weighted by molar-refractivity contribution is 7.20. The summed E-state index contributed by atoms with van der Waals surface area (Å²) in [7, 11) is 0. The zero-order chi connectivity index (χ0) is 17.6. The summed E-state index contributed by atoms with van der Waals surface area (Å²) in [5.41, 5.74) is 0.817. The van der Waals surface area contributed by atoms with E-state index in [1.807, 2.05) is 19.1 Å². The molecule has 0 amide bonds. The van der Waals surface area contributed by atoms with Gasteiger partial charge in [-0.05, 0) is 31.2 Å². The fraction of sp³-hybridized carbons (Fsp3) is 0.0526. The second kappa shape index (κ2) is 5.82. The number of para-hydroxylation sites is 2. The van der Waals surface area contributed by atoms with Crippen molar-refractivity contribution in [1.29, 1.82) is 0 Å². The third-order valence-corrected chi connectivity index (χ3v) is 5.06. The number of hydrogen-bond acceptors (Lipinski definition) is 4. The Balaban J connectivity index is 2.03. The molecule has 6 heteroatoms. The summed E-state index contributed by atoms with van der Waals surface area (Å²) in [4.78, 5) is 17.2. The van der Waals surface area contributed by atoms with Crippen LogP contribution < -0.4 is 5.32 Å². The number of halogens is 1. The third-order valence-electron chi connectivity index (χ3n) is 3.97. The first-order valence-electron chi connectivity index (χ1n) is 7.62. The molecule has 2 aromatic heterocycles. The summed E-state index contributed by atoms with van der Waals surface area (Å²) in [6, 6.07) is 13.4. The van der Waals surface area contributed by atoms with Crippen molar-refractivity contribution < 1.29 is 14.3 Å². The number of carbonyl (C=O) groups is 1. The topological polar surface area (TPSA) is 62.2 Å². The van der Waals surface area contributed by atoms with E-state index in [9.17, 15) is 14.3 Å². The fourth-order valence-corrected chi connectivity index (χ4v) is 3.91. The monoisotopic (exact) mass is 352 g/mol. The van der Waals surface area contributed by atoms with E-state index in [2.05, 4.69) is 10.3 Å². The van der Waals surface area contributed by atoms with Crippen molar-refractivity contribution in [2.45, 2.75) is 6.92 Å². The van der Waals surface area contributed by atoms with Gasteiger partial charge in [0.1, 0.15) is 11.6 Å². The summed E-state index contributed by atoms with van der Waals surface area (Å²) < 4.78 is 15.0. The third kappa shape index (κ3) is 2.60. The first-order chi connectivity index (χ1) is 12.0. The van der Waals surface area contributed by atoms with Crippen LogP contribution >= 0.6 is 11.3 Å². The summed E-state index contributed by atoms with van der Waals surface area (Å²) in [6.45, 7) is 1.98. The zero-order valence-electron chi connectivity index (χ0n) is 13.2. The van der Waals surface area contributed by atoms with Crippen molar-refractivity contribution in [3.8, 4) is 0 Å². The Hall–Kier alpha value is -2.99. The second-order valence-electron chi connectivity index (χ2n) is 5.67. The lowest BCUT2D eigenvalue weighted by molar-refractivity contribution is 0.0699. The highest BCUT2D eigenvalue weighted by atomic mass is 32.1. The number of pyridine rings is 1. The number of anilines is 2. The van der Waals surface area contributed by atoms with Crippen LogP contribution in [0.2, 0.25) is 0 Å². The molecule has 4 nitrogen and oxygen atoms in total. The van der Waals surface area contributed by atoms with E-state index < -0.39 is 11.8 Å². The number of nitrogens with zero attached hydrogens (tertiary/aromatic N) is 1. The minimum absolute atomic E-state index is 0.127. The number of aromatic nitrogens is 1. The van der Waals surface area contributed by atoms with Crippen molar-refractivity contribution in [2.24, 2.45) is 0 Å². The summed E-state index contributed by atoms with van der Waals surface area (Å²) in [6.07, 6.45) is 0. The molecule has 0 saturated carbocycles. The van der Waals surface area contributed by atoms with Gasteiger partial charge in [-0.1, -0.05) is 24.3 Å². The predicted octanol–water partition coefficient (Wildman–Crippen LogP) is 5.34. The Morgan fingerprint density at radius 1 is 1.16 bits per heavy atom. The normalized spacial score (nSPS) is 11.1. The highest BCUT2D eigenvalue weighted by Crippen LogP contribution is 2.37. The van der Waals surface area contributed by atoms with E-state index in [1.54, 1.807) is 35.6 Å². The van der Waals surface area contributed by atoms with Crippen LogP contribution in [0.3, 0.4) is 0 Å². The van der Waals surface area contributed by atoms with Gasteiger partial charge >= 0.3 is 5.97 Å². The van der Waals surface area contributed by atoms with Crippen LogP contribution in [0.5, 0.6) is 0 Å². The Labute approximate surface area is 146 Å². The molecular weight excluding hydrogens is 339 g/mol. The molecule has 0 aliphatic rings. The van der Waals surface area contributed by atoms with E-state index in [0.717, 1.165) is 20.3 Å². The van der Waals surface area contributed by atoms with E-state index in [1.165, 1.54) is 12.1 Å². The zero-order valence-corrected chi connectivity index (χ0v) is 14.0. The minimum Gasteiger partial charge on any atom is -0.478 e. The number of hydrogen-bond donors (Lipinski definition) is 2. The molecule has 0 aliphatic heterocycles. The molecule has 0 atom stereocenters. The summed E-state index contributed by atoms with van der Waals surface area (Å²) >= 11 is 1.56. The average molecular weight is 352 g/mol. The number of thiophene rings is 1. The molecule has 0 radical (unpaired) electrons. The molecule has 124 valence electrons. The maximum Gasteiger partial charge on any atom is 0.337 e. The van der Waals surface area contributed by atoms with E-state index >= 15 is 0 Å². The van der Waals surface area contributed by atoms with Gasteiger partial charge in [0.15, 0.2) is 0 Å². The average Bonchev–Trinajstić information content (AvgIpc) is 2.98. The van der Waals surface area contributed by atoms with Gasteiger partial charge < -0.3 is 10.4 Å². The highest BCUT2D eigenvalue weighted by Gasteiger charge is 2.17. The molecule has 0 aliphatic carbocycles. The Kier molecular flexibility index (Phi) is 3.62. The molecule has 2 heterocycles. The number of benzene rings is 2. The predicted molar refractivity (Wildman–Crippen MR) is 98.5 cm³/mol. The largest absolute Gasteiger partial charge is 0.478 e.